The van der Waals surface area contributed by atoms with E-state index in [1.165, 1.54) is 6.92 Å². The molecule has 4 rings (SSSR count). The van der Waals surface area contributed by atoms with Gasteiger partial charge in [0, 0.05) is 12.0 Å². The molecular weight excluding hydrogens is 372 g/mol. The number of phenolic OH excluding ortho intramolecular Hbond substituents is 1. The van der Waals surface area contributed by atoms with Crippen molar-refractivity contribution < 1.29 is 29.7 Å². The van der Waals surface area contributed by atoms with Gasteiger partial charge in [-0.1, -0.05) is 13.0 Å². The predicted octanol–water partition coefficient (Wildman–Crippen LogP) is 3.28. The van der Waals surface area contributed by atoms with E-state index < -0.39 is 34.9 Å². The van der Waals surface area contributed by atoms with E-state index in [-0.39, 0.29) is 35.0 Å². The first-order valence-corrected chi connectivity index (χ1v) is 9.96. The number of carbonyl (C=O) groups excluding carboxylic acids is 3. The molecule has 1 aromatic carbocycles. The van der Waals surface area contributed by atoms with E-state index in [9.17, 15) is 29.7 Å². The maximum absolute atomic E-state index is 13.3. The SMILES string of the molecule is CCc1cc(C)c(O)c2c1CC1CC3CC(=O)C(C(C)=O)=C(O)C3C(=O)C1=C2O. The molecule has 1 fully saturated rings. The minimum absolute atomic E-state index is 0.0343. The summed E-state index contributed by atoms with van der Waals surface area (Å²) in [5.74, 6) is -3.91. The van der Waals surface area contributed by atoms with Crippen LogP contribution in [0.3, 0.4) is 0 Å². The van der Waals surface area contributed by atoms with Crippen LogP contribution < -0.4 is 0 Å². The Balaban J connectivity index is 1.91. The molecule has 3 aliphatic rings. The minimum Gasteiger partial charge on any atom is -0.511 e. The average molecular weight is 396 g/mol. The number of aliphatic hydroxyl groups excluding tert-OH is 2. The Morgan fingerprint density at radius 1 is 1.17 bits per heavy atom. The third-order valence-corrected chi connectivity index (χ3v) is 6.66. The van der Waals surface area contributed by atoms with Crippen LogP contribution in [0.15, 0.2) is 23.0 Å². The van der Waals surface area contributed by atoms with Crippen molar-refractivity contribution in [3.63, 3.8) is 0 Å². The van der Waals surface area contributed by atoms with Crippen LogP contribution in [-0.2, 0) is 27.2 Å². The molecule has 0 radical (unpaired) electrons. The zero-order chi connectivity index (χ0) is 21.2. The maximum atomic E-state index is 13.3. The van der Waals surface area contributed by atoms with Crippen molar-refractivity contribution in [1.82, 2.24) is 0 Å². The summed E-state index contributed by atoms with van der Waals surface area (Å²) in [6.07, 6.45) is 1.70. The highest BCUT2D eigenvalue weighted by atomic mass is 16.3. The summed E-state index contributed by atoms with van der Waals surface area (Å²) in [7, 11) is 0. The average Bonchev–Trinajstić information content (AvgIpc) is 2.63. The number of carbonyl (C=O) groups is 3. The zero-order valence-electron chi connectivity index (χ0n) is 16.7. The molecule has 3 aliphatic carbocycles. The monoisotopic (exact) mass is 396 g/mol. The molecular formula is C23H24O6. The fraction of sp³-hybridized carbons (Fsp3) is 0.435. The molecule has 3 unspecified atom stereocenters. The van der Waals surface area contributed by atoms with Gasteiger partial charge in [-0.05, 0) is 61.6 Å². The second kappa shape index (κ2) is 6.58. The summed E-state index contributed by atoms with van der Waals surface area (Å²) in [6, 6.07) is 1.90. The first-order chi connectivity index (χ1) is 13.7. The Hall–Kier alpha value is -2.89. The highest BCUT2D eigenvalue weighted by Gasteiger charge is 2.50. The van der Waals surface area contributed by atoms with Crippen LogP contribution in [0.4, 0.5) is 0 Å². The number of phenols is 1. The van der Waals surface area contributed by atoms with Crippen molar-refractivity contribution in [2.24, 2.45) is 17.8 Å². The molecule has 1 aromatic rings. The van der Waals surface area contributed by atoms with Crippen LogP contribution in [0.25, 0.3) is 5.76 Å². The molecule has 3 atom stereocenters. The van der Waals surface area contributed by atoms with Crippen molar-refractivity contribution in [3.05, 3.63) is 45.2 Å². The standard InChI is InChI=1S/C23H24O6/c1-4-11-5-9(2)20(26)19-14(11)7-12-6-13-8-15(25)16(10(3)24)21(27)18(13)22(28)17(12)23(19)29/h5,12-13,18,26-27,29H,4,6-8H2,1-3H3. The van der Waals surface area contributed by atoms with E-state index in [1.54, 1.807) is 6.92 Å². The molecule has 0 saturated heterocycles. The Kier molecular flexibility index (Phi) is 4.41. The van der Waals surface area contributed by atoms with Gasteiger partial charge in [0.05, 0.1) is 17.1 Å². The normalized spacial score (nSPS) is 26.2. The second-order valence-corrected chi connectivity index (χ2v) is 8.35. The molecule has 3 N–H and O–H groups in total. The van der Waals surface area contributed by atoms with Crippen LogP contribution in [0, 0.1) is 24.7 Å². The zero-order valence-corrected chi connectivity index (χ0v) is 16.7. The van der Waals surface area contributed by atoms with Crippen molar-refractivity contribution in [2.75, 3.05) is 0 Å². The van der Waals surface area contributed by atoms with E-state index in [2.05, 4.69) is 0 Å². The summed E-state index contributed by atoms with van der Waals surface area (Å²) < 4.78 is 0. The van der Waals surface area contributed by atoms with Crippen molar-refractivity contribution in [1.29, 1.82) is 0 Å². The lowest BCUT2D eigenvalue weighted by atomic mass is 9.61. The predicted molar refractivity (Wildman–Crippen MR) is 106 cm³/mol. The first-order valence-electron chi connectivity index (χ1n) is 9.96. The number of Topliss-reactive ketones (excluding diaryl/α,β-unsaturated/α-hetero) is 3. The molecule has 6 heteroatoms. The smallest absolute Gasteiger partial charge is 0.173 e. The lowest BCUT2D eigenvalue weighted by molar-refractivity contribution is -0.127. The van der Waals surface area contributed by atoms with Gasteiger partial charge in [0.15, 0.2) is 17.3 Å². The number of allylic oxidation sites excluding steroid dienone is 3. The molecule has 0 spiro atoms. The summed E-state index contributed by atoms with van der Waals surface area (Å²) in [5.41, 5.74) is 2.64. The van der Waals surface area contributed by atoms with Crippen molar-refractivity contribution in [2.45, 2.75) is 46.5 Å². The van der Waals surface area contributed by atoms with E-state index in [1.807, 2.05) is 13.0 Å². The number of fused-ring (bicyclic) bond motifs is 3. The Morgan fingerprint density at radius 2 is 1.86 bits per heavy atom. The maximum Gasteiger partial charge on any atom is 0.173 e. The van der Waals surface area contributed by atoms with E-state index in [0.717, 1.165) is 17.5 Å². The highest BCUT2D eigenvalue weighted by molar-refractivity contribution is 6.21. The molecule has 0 heterocycles. The van der Waals surface area contributed by atoms with Crippen molar-refractivity contribution in [3.8, 4) is 5.75 Å². The summed E-state index contributed by atoms with van der Waals surface area (Å²) in [6.45, 7) is 4.94. The molecule has 29 heavy (non-hydrogen) atoms. The molecule has 0 aromatic heterocycles. The van der Waals surface area contributed by atoms with Gasteiger partial charge >= 0.3 is 0 Å². The topological polar surface area (TPSA) is 112 Å². The first kappa shape index (κ1) is 19.4. The van der Waals surface area contributed by atoms with Gasteiger partial charge < -0.3 is 15.3 Å². The summed E-state index contributed by atoms with van der Waals surface area (Å²) >= 11 is 0. The van der Waals surface area contributed by atoms with Gasteiger partial charge in [-0.25, -0.2) is 0 Å². The quantitative estimate of drug-likeness (QED) is 0.662. The molecule has 1 saturated carbocycles. The Bertz CT molecular complexity index is 1040. The minimum atomic E-state index is -1.00. The molecule has 0 aliphatic heterocycles. The van der Waals surface area contributed by atoms with Gasteiger partial charge in [-0.15, -0.1) is 0 Å². The van der Waals surface area contributed by atoms with Crippen LogP contribution in [0.5, 0.6) is 5.75 Å². The number of ketones is 3. The third-order valence-electron chi connectivity index (χ3n) is 6.66. The van der Waals surface area contributed by atoms with Gasteiger partial charge in [0.25, 0.3) is 0 Å². The third kappa shape index (κ3) is 2.65. The second-order valence-electron chi connectivity index (χ2n) is 8.35. The molecule has 0 amide bonds. The molecule has 6 nitrogen and oxygen atoms in total. The Labute approximate surface area is 168 Å². The Morgan fingerprint density at radius 3 is 2.48 bits per heavy atom. The lowest BCUT2D eigenvalue weighted by Crippen LogP contribution is -2.43. The summed E-state index contributed by atoms with van der Waals surface area (Å²) in [5, 5.41) is 32.2. The number of hydrogen-bond acceptors (Lipinski definition) is 6. The van der Waals surface area contributed by atoms with Gasteiger partial charge in [0.2, 0.25) is 0 Å². The van der Waals surface area contributed by atoms with Crippen LogP contribution >= 0.6 is 0 Å². The largest absolute Gasteiger partial charge is 0.511 e. The number of aryl methyl sites for hydroxylation is 2. The van der Waals surface area contributed by atoms with Crippen LogP contribution in [-0.4, -0.2) is 32.7 Å². The highest BCUT2D eigenvalue weighted by Crippen LogP contribution is 2.51. The van der Waals surface area contributed by atoms with Crippen molar-refractivity contribution >= 4 is 23.1 Å². The number of hydrogen-bond donors (Lipinski definition) is 3. The number of benzene rings is 1. The van der Waals surface area contributed by atoms with E-state index in [0.29, 0.717) is 24.0 Å². The summed E-state index contributed by atoms with van der Waals surface area (Å²) in [4.78, 5) is 37.5. The lowest BCUT2D eigenvalue weighted by Gasteiger charge is -2.41. The molecule has 152 valence electrons. The van der Waals surface area contributed by atoms with Crippen LogP contribution in [0.1, 0.15) is 48.9 Å². The van der Waals surface area contributed by atoms with Gasteiger partial charge in [-0.3, -0.25) is 14.4 Å². The van der Waals surface area contributed by atoms with Gasteiger partial charge in [0.1, 0.15) is 17.3 Å². The van der Waals surface area contributed by atoms with E-state index >= 15 is 0 Å². The van der Waals surface area contributed by atoms with E-state index in [4.69, 9.17) is 0 Å². The van der Waals surface area contributed by atoms with Gasteiger partial charge in [-0.2, -0.15) is 0 Å². The number of aliphatic hydroxyl groups is 2. The number of rotatable bonds is 2. The fourth-order valence-corrected chi connectivity index (χ4v) is 5.36. The molecule has 0 bridgehead atoms. The number of aromatic hydroxyl groups is 1. The van der Waals surface area contributed by atoms with Crippen LogP contribution in [0.2, 0.25) is 0 Å². The fourth-order valence-electron chi connectivity index (χ4n) is 5.36.